The molecule has 0 bridgehead atoms. The first-order valence-corrected chi connectivity index (χ1v) is 11.3. The molecule has 0 aromatic heterocycles. The topological polar surface area (TPSA) is 104 Å². The third kappa shape index (κ3) is 6.36. The number of rotatable bonds is 8. The first kappa shape index (κ1) is 21.9. The highest BCUT2D eigenvalue weighted by molar-refractivity contribution is 7.98. The van der Waals surface area contributed by atoms with Crippen LogP contribution in [0.5, 0.6) is 0 Å². The summed E-state index contributed by atoms with van der Waals surface area (Å²) in [4.78, 5) is 25.3. The molecule has 150 valence electrons. The first-order chi connectivity index (χ1) is 13.2. The number of hydrogen-bond donors (Lipinski definition) is 3. The Kier molecular flexibility index (Phi) is 7.61. The quantitative estimate of drug-likeness (QED) is 0.568. The van der Waals surface area contributed by atoms with Crippen LogP contribution < -0.4 is 15.4 Å². The van der Waals surface area contributed by atoms with Crippen LogP contribution in [0, 0.1) is 0 Å². The lowest BCUT2D eigenvalue weighted by Gasteiger charge is -2.10. The van der Waals surface area contributed by atoms with E-state index < -0.39 is 15.9 Å². The summed E-state index contributed by atoms with van der Waals surface area (Å²) in [5.74, 6) is -0.819. The van der Waals surface area contributed by atoms with Crippen LogP contribution in [0.1, 0.15) is 24.2 Å². The van der Waals surface area contributed by atoms with E-state index in [0.717, 1.165) is 4.90 Å². The van der Waals surface area contributed by atoms with Gasteiger partial charge < -0.3 is 10.6 Å². The molecule has 0 aliphatic carbocycles. The normalized spacial score (nSPS) is 11.3. The predicted molar refractivity (Wildman–Crippen MR) is 111 cm³/mol. The molecule has 0 saturated carbocycles. The molecule has 2 aromatic carbocycles. The van der Waals surface area contributed by atoms with Gasteiger partial charge in [0.25, 0.3) is 5.91 Å². The highest BCUT2D eigenvalue weighted by Gasteiger charge is 2.16. The van der Waals surface area contributed by atoms with Gasteiger partial charge in [0, 0.05) is 22.2 Å². The van der Waals surface area contributed by atoms with E-state index in [-0.39, 0.29) is 29.0 Å². The molecule has 2 rings (SSSR count). The lowest BCUT2D eigenvalue weighted by atomic mass is 10.2. The Bertz CT molecular complexity index is 942. The van der Waals surface area contributed by atoms with Crippen molar-refractivity contribution in [1.82, 2.24) is 10.0 Å². The fraction of sp³-hybridized carbons (Fsp3) is 0.263. The third-order valence-corrected chi connectivity index (χ3v) is 5.98. The van der Waals surface area contributed by atoms with Gasteiger partial charge in [0.2, 0.25) is 15.9 Å². The number of thioether (sulfide) groups is 1. The molecular weight excluding hydrogens is 398 g/mol. The van der Waals surface area contributed by atoms with Crippen LogP contribution in [0.15, 0.2) is 58.3 Å². The fourth-order valence-corrected chi connectivity index (χ4v) is 4.04. The minimum absolute atomic E-state index is 0.0733. The van der Waals surface area contributed by atoms with Crippen molar-refractivity contribution in [1.29, 1.82) is 0 Å². The molecule has 0 saturated heterocycles. The van der Waals surface area contributed by atoms with Crippen molar-refractivity contribution in [2.24, 2.45) is 0 Å². The Hall–Kier alpha value is -2.36. The highest BCUT2D eigenvalue weighted by atomic mass is 32.2. The summed E-state index contributed by atoms with van der Waals surface area (Å²) in [5.41, 5.74) is 0.916. The average Bonchev–Trinajstić information content (AvgIpc) is 2.65. The molecule has 0 heterocycles. The van der Waals surface area contributed by atoms with Crippen LogP contribution in [0.4, 0.5) is 5.69 Å². The Morgan fingerprint density at radius 3 is 2.36 bits per heavy atom. The second-order valence-electron chi connectivity index (χ2n) is 6.26. The van der Waals surface area contributed by atoms with E-state index in [1.54, 1.807) is 31.7 Å². The molecular formula is C19H23N3O4S2. The van der Waals surface area contributed by atoms with Gasteiger partial charge in [-0.15, -0.1) is 11.8 Å². The van der Waals surface area contributed by atoms with Crippen LogP contribution in [0.2, 0.25) is 0 Å². The zero-order chi connectivity index (χ0) is 20.7. The monoisotopic (exact) mass is 421 g/mol. The molecule has 0 fully saturated rings. The lowest BCUT2D eigenvalue weighted by molar-refractivity contribution is -0.115. The van der Waals surface area contributed by atoms with Gasteiger partial charge in [-0.3, -0.25) is 9.59 Å². The van der Waals surface area contributed by atoms with E-state index in [9.17, 15) is 18.0 Å². The van der Waals surface area contributed by atoms with Crippen molar-refractivity contribution in [3.8, 4) is 0 Å². The third-order valence-electron chi connectivity index (χ3n) is 3.58. The molecule has 2 aromatic rings. The van der Waals surface area contributed by atoms with Crippen LogP contribution in [0.25, 0.3) is 0 Å². The van der Waals surface area contributed by atoms with E-state index in [0.29, 0.717) is 5.69 Å². The molecule has 0 aliphatic heterocycles. The number of carbonyl (C=O) groups excluding carboxylic acids is 2. The summed E-state index contributed by atoms with van der Waals surface area (Å²) in [7, 11) is -3.62. The standard InChI is InChI=1S/C19H23N3O4S2/c1-13(2)22-28(25,26)17-9-7-14(8-10-17)19(24)20-12-18(23)21-15-5-4-6-16(11-15)27-3/h4-11,13,22H,12H2,1-3H3,(H,20,24)(H,21,23). The highest BCUT2D eigenvalue weighted by Crippen LogP contribution is 2.18. The maximum atomic E-state index is 12.2. The van der Waals surface area contributed by atoms with Gasteiger partial charge in [-0.2, -0.15) is 0 Å². The molecule has 28 heavy (non-hydrogen) atoms. The summed E-state index contributed by atoms with van der Waals surface area (Å²) in [6, 6.07) is 12.7. The lowest BCUT2D eigenvalue weighted by Crippen LogP contribution is -2.33. The Balaban J connectivity index is 1.93. The van der Waals surface area contributed by atoms with Gasteiger partial charge in [0.05, 0.1) is 11.4 Å². The van der Waals surface area contributed by atoms with Gasteiger partial charge in [-0.25, -0.2) is 13.1 Å². The SMILES string of the molecule is CSc1cccc(NC(=O)CNC(=O)c2ccc(S(=O)(=O)NC(C)C)cc2)c1. The number of nitrogens with one attached hydrogen (secondary N) is 3. The van der Waals surface area contributed by atoms with E-state index in [2.05, 4.69) is 15.4 Å². The summed E-state index contributed by atoms with van der Waals surface area (Å²) in [5, 5.41) is 5.23. The maximum absolute atomic E-state index is 12.2. The number of benzene rings is 2. The van der Waals surface area contributed by atoms with Crippen molar-refractivity contribution in [3.05, 3.63) is 54.1 Å². The number of hydrogen-bond acceptors (Lipinski definition) is 5. The summed E-state index contributed by atoms with van der Waals surface area (Å²) in [6.45, 7) is 3.25. The van der Waals surface area contributed by atoms with Crippen molar-refractivity contribution >= 4 is 39.3 Å². The largest absolute Gasteiger partial charge is 0.343 e. The number of amides is 2. The molecule has 3 N–H and O–H groups in total. The van der Waals surface area contributed by atoms with E-state index in [1.807, 2.05) is 24.5 Å². The molecule has 0 aliphatic rings. The Morgan fingerprint density at radius 2 is 1.75 bits per heavy atom. The molecule has 0 unspecified atom stereocenters. The van der Waals surface area contributed by atoms with E-state index in [4.69, 9.17) is 0 Å². The maximum Gasteiger partial charge on any atom is 0.251 e. The van der Waals surface area contributed by atoms with Crippen molar-refractivity contribution in [2.45, 2.75) is 29.7 Å². The fourth-order valence-electron chi connectivity index (χ4n) is 2.33. The summed E-state index contributed by atoms with van der Waals surface area (Å²) >= 11 is 1.56. The van der Waals surface area contributed by atoms with Crippen LogP contribution in [0.3, 0.4) is 0 Å². The second-order valence-corrected chi connectivity index (χ2v) is 8.86. The smallest absolute Gasteiger partial charge is 0.251 e. The van der Waals surface area contributed by atoms with Crippen LogP contribution in [-0.2, 0) is 14.8 Å². The minimum atomic E-state index is -3.62. The minimum Gasteiger partial charge on any atom is -0.343 e. The molecule has 0 atom stereocenters. The summed E-state index contributed by atoms with van der Waals surface area (Å²) < 4.78 is 26.7. The van der Waals surface area contributed by atoms with Crippen molar-refractivity contribution in [3.63, 3.8) is 0 Å². The Labute approximate surface area is 169 Å². The summed E-state index contributed by atoms with van der Waals surface area (Å²) in [6.07, 6.45) is 1.94. The van der Waals surface area contributed by atoms with Gasteiger partial charge in [-0.1, -0.05) is 6.07 Å². The zero-order valence-electron chi connectivity index (χ0n) is 15.9. The van der Waals surface area contributed by atoms with E-state index >= 15 is 0 Å². The molecule has 2 amide bonds. The van der Waals surface area contributed by atoms with Gasteiger partial charge >= 0.3 is 0 Å². The molecule has 0 spiro atoms. The number of sulfonamides is 1. The molecule has 0 radical (unpaired) electrons. The van der Waals surface area contributed by atoms with Crippen LogP contribution >= 0.6 is 11.8 Å². The second kappa shape index (κ2) is 9.72. The van der Waals surface area contributed by atoms with E-state index in [1.165, 1.54) is 24.3 Å². The Morgan fingerprint density at radius 1 is 1.07 bits per heavy atom. The number of anilines is 1. The average molecular weight is 422 g/mol. The molecule has 7 nitrogen and oxygen atoms in total. The molecule has 9 heteroatoms. The van der Waals surface area contributed by atoms with Gasteiger partial charge in [0.15, 0.2) is 0 Å². The zero-order valence-corrected chi connectivity index (χ0v) is 17.5. The van der Waals surface area contributed by atoms with Crippen LogP contribution in [-0.4, -0.2) is 39.1 Å². The predicted octanol–water partition coefficient (Wildman–Crippen LogP) is 2.46. The first-order valence-electron chi connectivity index (χ1n) is 8.56. The van der Waals surface area contributed by atoms with Gasteiger partial charge in [0.1, 0.15) is 0 Å². The van der Waals surface area contributed by atoms with Gasteiger partial charge in [-0.05, 0) is 62.6 Å². The number of carbonyl (C=O) groups is 2. The van der Waals surface area contributed by atoms with Crippen molar-refractivity contribution < 1.29 is 18.0 Å². The van der Waals surface area contributed by atoms with Crippen molar-refractivity contribution in [2.75, 3.05) is 18.1 Å².